The topological polar surface area (TPSA) is 76.0 Å². The van der Waals surface area contributed by atoms with Crippen LogP contribution in [0.15, 0.2) is 23.3 Å². The number of hydrogen-bond donors (Lipinski definition) is 2. The zero-order valence-electron chi connectivity index (χ0n) is 15.4. The molecule has 0 saturated heterocycles. The number of methoxy groups -OCH3 is 2. The highest BCUT2D eigenvalue weighted by molar-refractivity contribution is 5.87. The molecular formula is C18H32O5. The molecule has 0 radical (unpaired) electrons. The molecule has 0 amide bonds. The summed E-state index contributed by atoms with van der Waals surface area (Å²) in [6, 6.07) is 0. The van der Waals surface area contributed by atoms with E-state index in [1.165, 1.54) is 7.11 Å². The van der Waals surface area contributed by atoms with E-state index in [0.29, 0.717) is 5.57 Å². The maximum atomic E-state index is 11.4. The molecule has 23 heavy (non-hydrogen) atoms. The number of carbonyl (C=O) groups is 1. The third-order valence-corrected chi connectivity index (χ3v) is 4.15. The minimum absolute atomic E-state index is 0.00933. The maximum Gasteiger partial charge on any atom is 0.333 e. The second-order valence-electron chi connectivity index (χ2n) is 6.28. The van der Waals surface area contributed by atoms with Crippen LogP contribution in [-0.2, 0) is 14.3 Å². The van der Waals surface area contributed by atoms with E-state index in [1.54, 1.807) is 20.1 Å². The zero-order valence-corrected chi connectivity index (χ0v) is 15.4. The number of carbonyl (C=O) groups excluding carboxylic acids is 1. The van der Waals surface area contributed by atoms with Crippen molar-refractivity contribution in [3.05, 3.63) is 23.3 Å². The van der Waals surface area contributed by atoms with Gasteiger partial charge in [0.1, 0.15) is 0 Å². The van der Waals surface area contributed by atoms with Crippen molar-refractivity contribution < 1.29 is 24.5 Å². The molecule has 0 aliphatic carbocycles. The van der Waals surface area contributed by atoms with Crippen LogP contribution in [0.25, 0.3) is 0 Å². The summed E-state index contributed by atoms with van der Waals surface area (Å²) in [6.45, 7) is 9.35. The van der Waals surface area contributed by atoms with Crippen LogP contribution in [0.1, 0.15) is 34.6 Å². The summed E-state index contributed by atoms with van der Waals surface area (Å²) >= 11 is 0. The highest BCUT2D eigenvalue weighted by Gasteiger charge is 2.23. The summed E-state index contributed by atoms with van der Waals surface area (Å²) < 4.78 is 10.1. The van der Waals surface area contributed by atoms with Crippen LogP contribution >= 0.6 is 0 Å². The van der Waals surface area contributed by atoms with E-state index in [0.717, 1.165) is 5.57 Å². The first-order valence-corrected chi connectivity index (χ1v) is 7.96. The fourth-order valence-electron chi connectivity index (χ4n) is 2.81. The van der Waals surface area contributed by atoms with E-state index < -0.39 is 12.1 Å². The first-order chi connectivity index (χ1) is 10.7. The smallest absolute Gasteiger partial charge is 0.333 e. The number of aliphatic hydroxyl groups is 2. The van der Waals surface area contributed by atoms with Gasteiger partial charge in [0, 0.05) is 37.0 Å². The summed E-state index contributed by atoms with van der Waals surface area (Å²) in [4.78, 5) is 11.4. The van der Waals surface area contributed by atoms with Gasteiger partial charge in [0.2, 0.25) is 0 Å². The van der Waals surface area contributed by atoms with Crippen molar-refractivity contribution in [1.82, 2.24) is 0 Å². The van der Waals surface area contributed by atoms with Crippen LogP contribution in [-0.4, -0.2) is 49.2 Å². The second-order valence-corrected chi connectivity index (χ2v) is 6.28. The zero-order chi connectivity index (χ0) is 18.2. The molecule has 0 aromatic carbocycles. The van der Waals surface area contributed by atoms with Crippen molar-refractivity contribution in [1.29, 1.82) is 0 Å². The third kappa shape index (κ3) is 6.85. The average Bonchev–Trinajstić information content (AvgIpc) is 2.53. The number of ether oxygens (including phenoxy) is 2. The molecule has 0 fully saturated rings. The van der Waals surface area contributed by atoms with Gasteiger partial charge < -0.3 is 19.7 Å². The normalized spacial score (nSPS) is 19.7. The first-order valence-electron chi connectivity index (χ1n) is 7.96. The summed E-state index contributed by atoms with van der Waals surface area (Å²) in [5.41, 5.74) is 1.29. The van der Waals surface area contributed by atoms with Crippen LogP contribution in [0.4, 0.5) is 0 Å². The Morgan fingerprint density at radius 2 is 1.65 bits per heavy atom. The predicted molar refractivity (Wildman–Crippen MR) is 90.9 cm³/mol. The Bertz CT molecular complexity index is 427. The molecule has 2 N–H and O–H groups in total. The van der Waals surface area contributed by atoms with E-state index in [9.17, 15) is 15.0 Å². The van der Waals surface area contributed by atoms with Crippen LogP contribution in [0.2, 0.25) is 0 Å². The molecule has 0 rings (SSSR count). The molecule has 0 heterocycles. The van der Waals surface area contributed by atoms with Crippen LogP contribution in [0.3, 0.4) is 0 Å². The molecule has 0 aliphatic rings. The van der Waals surface area contributed by atoms with Gasteiger partial charge in [0.15, 0.2) is 0 Å². The van der Waals surface area contributed by atoms with Gasteiger partial charge >= 0.3 is 5.97 Å². The number of hydrogen-bond acceptors (Lipinski definition) is 5. The molecule has 5 heteroatoms. The van der Waals surface area contributed by atoms with Crippen LogP contribution < -0.4 is 0 Å². The Hall–Kier alpha value is -1.17. The number of rotatable bonds is 9. The lowest BCUT2D eigenvalue weighted by molar-refractivity contribution is -0.136. The summed E-state index contributed by atoms with van der Waals surface area (Å²) in [5.74, 6) is -0.547. The Balaban J connectivity index is 5.05. The molecule has 0 spiro atoms. The lowest BCUT2D eigenvalue weighted by Gasteiger charge is -2.27. The monoisotopic (exact) mass is 328 g/mol. The lowest BCUT2D eigenvalue weighted by Crippen LogP contribution is -2.30. The van der Waals surface area contributed by atoms with Crippen molar-refractivity contribution >= 4 is 5.97 Å². The highest BCUT2D eigenvalue weighted by atomic mass is 16.5. The largest absolute Gasteiger partial charge is 0.466 e. The second kappa shape index (κ2) is 10.6. The van der Waals surface area contributed by atoms with Gasteiger partial charge in [-0.05, 0) is 19.4 Å². The van der Waals surface area contributed by atoms with Gasteiger partial charge in [-0.3, -0.25) is 0 Å². The molecule has 134 valence electrons. The van der Waals surface area contributed by atoms with Gasteiger partial charge in [-0.1, -0.05) is 32.9 Å². The summed E-state index contributed by atoms with van der Waals surface area (Å²) in [6.07, 6.45) is 2.86. The Kier molecular flexibility index (Phi) is 10.0. The summed E-state index contributed by atoms with van der Waals surface area (Å²) in [7, 11) is 2.96. The fourth-order valence-corrected chi connectivity index (χ4v) is 2.81. The summed E-state index contributed by atoms with van der Waals surface area (Å²) in [5, 5.41) is 19.7. The third-order valence-electron chi connectivity index (χ3n) is 4.15. The standard InChI is InChI=1S/C18H32O5/c1-11(8-13(3)17(22-6)15(5)10-19)16(20)12(2)9-14(4)18(21)23-7/h8-9,12-13,15-17,19-20H,10H2,1-7H3/b11-8+,14-9+. The lowest BCUT2D eigenvalue weighted by atomic mass is 9.89. The minimum Gasteiger partial charge on any atom is -0.466 e. The minimum atomic E-state index is -0.695. The van der Waals surface area contributed by atoms with E-state index in [2.05, 4.69) is 4.74 Å². The van der Waals surface area contributed by atoms with E-state index >= 15 is 0 Å². The highest BCUT2D eigenvalue weighted by Crippen LogP contribution is 2.22. The van der Waals surface area contributed by atoms with E-state index in [-0.39, 0.29) is 30.5 Å². The van der Waals surface area contributed by atoms with Gasteiger partial charge in [0.05, 0.1) is 19.3 Å². The SMILES string of the molecule is COC(=O)/C(C)=C/C(C)C(O)/C(C)=C/C(C)C(OC)C(C)CO. The number of esters is 1. The maximum absolute atomic E-state index is 11.4. The molecule has 5 atom stereocenters. The first kappa shape index (κ1) is 21.8. The van der Waals surface area contributed by atoms with Crippen molar-refractivity contribution in [2.45, 2.75) is 46.8 Å². The fraction of sp³-hybridized carbons (Fsp3) is 0.722. The van der Waals surface area contributed by atoms with Gasteiger partial charge in [-0.15, -0.1) is 0 Å². The van der Waals surface area contributed by atoms with Crippen LogP contribution in [0, 0.1) is 17.8 Å². The molecule has 0 saturated carbocycles. The van der Waals surface area contributed by atoms with Gasteiger partial charge in [-0.2, -0.15) is 0 Å². The molecule has 0 aromatic heterocycles. The Labute approximate surface area is 140 Å². The Morgan fingerprint density at radius 1 is 1.09 bits per heavy atom. The Morgan fingerprint density at radius 3 is 2.09 bits per heavy atom. The van der Waals surface area contributed by atoms with Crippen molar-refractivity contribution in [3.8, 4) is 0 Å². The molecular weight excluding hydrogens is 296 g/mol. The van der Waals surface area contributed by atoms with E-state index in [1.807, 2.05) is 33.8 Å². The van der Waals surface area contributed by atoms with Gasteiger partial charge in [-0.25, -0.2) is 4.79 Å². The van der Waals surface area contributed by atoms with Crippen molar-refractivity contribution in [2.24, 2.45) is 17.8 Å². The van der Waals surface area contributed by atoms with Crippen LogP contribution in [0.5, 0.6) is 0 Å². The molecule has 0 bridgehead atoms. The van der Waals surface area contributed by atoms with Crippen molar-refractivity contribution in [2.75, 3.05) is 20.8 Å². The average molecular weight is 328 g/mol. The molecule has 5 nitrogen and oxygen atoms in total. The molecule has 0 aliphatic heterocycles. The predicted octanol–water partition coefficient (Wildman–Crippen LogP) is 2.33. The van der Waals surface area contributed by atoms with Crippen molar-refractivity contribution in [3.63, 3.8) is 0 Å². The quantitative estimate of drug-likeness (QED) is 0.386. The number of aliphatic hydroxyl groups excluding tert-OH is 2. The molecule has 0 aromatic rings. The van der Waals surface area contributed by atoms with Gasteiger partial charge in [0.25, 0.3) is 0 Å². The molecule has 5 unspecified atom stereocenters. The van der Waals surface area contributed by atoms with E-state index in [4.69, 9.17) is 4.74 Å².